The van der Waals surface area contributed by atoms with Gasteiger partial charge in [0.2, 0.25) is 0 Å². The average Bonchev–Trinajstić information content (AvgIpc) is 2.58. The molecule has 1 aliphatic rings. The van der Waals surface area contributed by atoms with Crippen LogP contribution in [0.4, 0.5) is 5.69 Å². The highest BCUT2D eigenvalue weighted by atomic mass is 14.8. The van der Waals surface area contributed by atoms with Gasteiger partial charge in [0.1, 0.15) is 0 Å². The Morgan fingerprint density at radius 1 is 0.944 bits per heavy atom. The highest BCUT2D eigenvalue weighted by Gasteiger charge is 2.19. The Labute approximate surface area is 108 Å². The quantitative estimate of drug-likeness (QED) is 0.679. The summed E-state index contributed by atoms with van der Waals surface area (Å²) < 4.78 is 0. The number of hydrogen-bond donors (Lipinski definition) is 0. The highest BCUT2D eigenvalue weighted by Crippen LogP contribution is 2.37. The van der Waals surface area contributed by atoms with Crippen molar-refractivity contribution in [2.24, 2.45) is 4.99 Å². The maximum absolute atomic E-state index is 4.73. The van der Waals surface area contributed by atoms with Gasteiger partial charge < -0.3 is 0 Å². The Bertz CT molecular complexity index is 569. The lowest BCUT2D eigenvalue weighted by molar-refractivity contribution is 0.751. The van der Waals surface area contributed by atoms with E-state index >= 15 is 0 Å². The monoisotopic (exact) mass is 235 g/mol. The first kappa shape index (κ1) is 11.2. The molecule has 0 bridgehead atoms. The van der Waals surface area contributed by atoms with Crippen LogP contribution >= 0.6 is 0 Å². The molecule has 3 rings (SSSR count). The van der Waals surface area contributed by atoms with Crippen molar-refractivity contribution >= 4 is 11.4 Å². The molecule has 0 saturated carbocycles. The van der Waals surface area contributed by atoms with Crippen molar-refractivity contribution < 1.29 is 0 Å². The fraction of sp³-hybridized carbons (Fsp3) is 0.235. The molecule has 2 aromatic carbocycles. The van der Waals surface area contributed by atoms with Crippen molar-refractivity contribution in [3.63, 3.8) is 0 Å². The molecule has 1 nitrogen and oxygen atoms in total. The van der Waals surface area contributed by atoms with Gasteiger partial charge in [-0.1, -0.05) is 48.5 Å². The van der Waals surface area contributed by atoms with Crippen molar-refractivity contribution in [3.8, 4) is 0 Å². The van der Waals surface area contributed by atoms with Gasteiger partial charge >= 0.3 is 0 Å². The lowest BCUT2D eigenvalue weighted by atomic mass is 9.87. The highest BCUT2D eigenvalue weighted by molar-refractivity contribution is 5.86. The maximum Gasteiger partial charge on any atom is 0.0667 e. The zero-order valence-electron chi connectivity index (χ0n) is 10.6. The van der Waals surface area contributed by atoms with E-state index in [1.807, 2.05) is 0 Å². The van der Waals surface area contributed by atoms with Crippen molar-refractivity contribution in [2.75, 3.05) is 0 Å². The Morgan fingerprint density at radius 3 is 2.50 bits per heavy atom. The molecule has 0 radical (unpaired) electrons. The van der Waals surface area contributed by atoms with Crippen LogP contribution in [0.25, 0.3) is 0 Å². The second-order valence-electron chi connectivity index (χ2n) is 4.91. The van der Waals surface area contributed by atoms with Crippen molar-refractivity contribution in [1.29, 1.82) is 0 Å². The molecule has 0 aliphatic carbocycles. The van der Waals surface area contributed by atoms with Crippen molar-refractivity contribution in [2.45, 2.75) is 25.7 Å². The molecule has 1 heteroatoms. The van der Waals surface area contributed by atoms with Gasteiger partial charge in [-0.25, -0.2) is 0 Å². The third-order valence-corrected chi connectivity index (χ3v) is 3.62. The van der Waals surface area contributed by atoms with E-state index in [0.29, 0.717) is 5.92 Å². The maximum atomic E-state index is 4.73. The van der Waals surface area contributed by atoms with Gasteiger partial charge in [-0.15, -0.1) is 0 Å². The molecular weight excluding hydrogens is 218 g/mol. The van der Waals surface area contributed by atoms with Gasteiger partial charge in [0, 0.05) is 11.6 Å². The molecule has 90 valence electrons. The summed E-state index contributed by atoms with van der Waals surface area (Å²) in [4.78, 5) is 4.73. The Morgan fingerprint density at radius 2 is 1.67 bits per heavy atom. The molecule has 0 spiro atoms. The largest absolute Gasteiger partial charge is 0.258 e. The Kier molecular flexibility index (Phi) is 2.97. The summed E-state index contributed by atoms with van der Waals surface area (Å²) in [5.74, 6) is 0.476. The molecule has 0 fully saturated rings. The van der Waals surface area contributed by atoms with Crippen LogP contribution in [0.5, 0.6) is 0 Å². The second-order valence-corrected chi connectivity index (χ2v) is 4.91. The molecule has 1 atom stereocenters. The summed E-state index contributed by atoms with van der Waals surface area (Å²) in [5.41, 5.74) is 5.14. The summed E-state index contributed by atoms with van der Waals surface area (Å²) in [5, 5.41) is 0. The van der Waals surface area contributed by atoms with Gasteiger partial charge in [0.25, 0.3) is 0 Å². The van der Waals surface area contributed by atoms with Crippen LogP contribution < -0.4 is 0 Å². The van der Waals surface area contributed by atoms with E-state index in [4.69, 9.17) is 4.99 Å². The van der Waals surface area contributed by atoms with Gasteiger partial charge in [-0.05, 0) is 37.0 Å². The third-order valence-electron chi connectivity index (χ3n) is 3.62. The number of hydrogen-bond acceptors (Lipinski definition) is 1. The standard InChI is InChI=1S/C17H17N/c1-13-11-12-15(14-7-3-2-4-8-14)16-9-5-6-10-17(16)18-13/h2-10,15H,11-12H2,1H3. The van der Waals surface area contributed by atoms with Crippen LogP contribution in [0.1, 0.15) is 36.8 Å². The fourth-order valence-electron chi connectivity index (χ4n) is 2.69. The molecule has 18 heavy (non-hydrogen) atoms. The molecular formula is C17H17N. The topological polar surface area (TPSA) is 12.4 Å². The molecule has 0 aromatic heterocycles. The van der Waals surface area contributed by atoms with Crippen LogP contribution in [0.15, 0.2) is 59.6 Å². The second kappa shape index (κ2) is 4.77. The number of benzene rings is 2. The van der Waals surface area contributed by atoms with Crippen LogP contribution in [0.3, 0.4) is 0 Å². The normalized spacial score (nSPS) is 18.7. The first-order chi connectivity index (χ1) is 8.84. The van der Waals surface area contributed by atoms with E-state index < -0.39 is 0 Å². The molecule has 2 aromatic rings. The summed E-state index contributed by atoms with van der Waals surface area (Å²) in [6.45, 7) is 2.13. The van der Waals surface area contributed by atoms with Crippen molar-refractivity contribution in [1.82, 2.24) is 0 Å². The molecule has 0 saturated heterocycles. The zero-order valence-corrected chi connectivity index (χ0v) is 10.6. The van der Waals surface area contributed by atoms with E-state index in [-0.39, 0.29) is 0 Å². The summed E-state index contributed by atoms with van der Waals surface area (Å²) >= 11 is 0. The van der Waals surface area contributed by atoms with E-state index in [9.17, 15) is 0 Å². The summed E-state index contributed by atoms with van der Waals surface area (Å²) in [6, 6.07) is 19.3. The number of para-hydroxylation sites is 1. The van der Waals surface area contributed by atoms with Gasteiger partial charge in [-0.2, -0.15) is 0 Å². The Balaban J connectivity index is 2.10. The molecule has 1 heterocycles. The zero-order chi connectivity index (χ0) is 12.4. The van der Waals surface area contributed by atoms with E-state index in [1.165, 1.54) is 16.8 Å². The summed E-state index contributed by atoms with van der Waals surface area (Å²) in [7, 11) is 0. The average molecular weight is 235 g/mol. The SMILES string of the molecule is CC1=Nc2ccccc2C(c2ccccc2)CC1. The van der Waals surface area contributed by atoms with Gasteiger partial charge in [0.05, 0.1) is 5.69 Å². The number of nitrogens with zero attached hydrogens (tertiary/aromatic N) is 1. The van der Waals surface area contributed by atoms with Crippen LogP contribution in [-0.4, -0.2) is 5.71 Å². The van der Waals surface area contributed by atoms with Gasteiger partial charge in [0.15, 0.2) is 0 Å². The first-order valence-electron chi connectivity index (χ1n) is 6.52. The number of fused-ring (bicyclic) bond motifs is 1. The smallest absolute Gasteiger partial charge is 0.0667 e. The van der Waals surface area contributed by atoms with Crippen molar-refractivity contribution in [3.05, 3.63) is 65.7 Å². The fourth-order valence-corrected chi connectivity index (χ4v) is 2.69. The lowest BCUT2D eigenvalue weighted by Gasteiger charge is -2.17. The minimum atomic E-state index is 0.476. The number of aliphatic imine (C=N–C) groups is 1. The molecule has 0 amide bonds. The molecule has 1 aliphatic heterocycles. The molecule has 0 N–H and O–H groups in total. The minimum Gasteiger partial charge on any atom is -0.258 e. The Hall–Kier alpha value is -1.89. The van der Waals surface area contributed by atoms with E-state index in [1.54, 1.807) is 0 Å². The van der Waals surface area contributed by atoms with E-state index in [0.717, 1.165) is 18.5 Å². The molecule has 1 unspecified atom stereocenters. The summed E-state index contributed by atoms with van der Waals surface area (Å²) in [6.07, 6.45) is 2.23. The lowest BCUT2D eigenvalue weighted by Crippen LogP contribution is -2.01. The first-order valence-corrected chi connectivity index (χ1v) is 6.52. The predicted molar refractivity (Wildman–Crippen MR) is 76.7 cm³/mol. The van der Waals surface area contributed by atoms with Crippen LogP contribution in [0.2, 0.25) is 0 Å². The van der Waals surface area contributed by atoms with Crippen LogP contribution in [0, 0.1) is 0 Å². The minimum absolute atomic E-state index is 0.476. The third kappa shape index (κ3) is 2.08. The van der Waals surface area contributed by atoms with E-state index in [2.05, 4.69) is 61.5 Å². The van der Waals surface area contributed by atoms with Crippen LogP contribution in [-0.2, 0) is 0 Å². The van der Waals surface area contributed by atoms with Gasteiger partial charge in [-0.3, -0.25) is 4.99 Å². The predicted octanol–water partition coefficient (Wildman–Crippen LogP) is 4.70. The number of rotatable bonds is 1.